The van der Waals surface area contributed by atoms with E-state index in [1.807, 2.05) is 18.2 Å². The van der Waals surface area contributed by atoms with Gasteiger partial charge in [-0.15, -0.1) is 0 Å². The zero-order valence-electron chi connectivity index (χ0n) is 19.5. The summed E-state index contributed by atoms with van der Waals surface area (Å²) in [6.07, 6.45) is 3.19. The van der Waals surface area contributed by atoms with E-state index >= 15 is 0 Å². The summed E-state index contributed by atoms with van der Waals surface area (Å²) in [6.45, 7) is 10.0. The summed E-state index contributed by atoms with van der Waals surface area (Å²) in [5.41, 5.74) is 1.12. The number of benzene rings is 1. The van der Waals surface area contributed by atoms with Gasteiger partial charge in [-0.2, -0.15) is 0 Å². The Bertz CT molecular complexity index is 661. The van der Waals surface area contributed by atoms with Gasteiger partial charge in [-0.05, 0) is 31.2 Å². The van der Waals surface area contributed by atoms with Crippen LogP contribution in [0.1, 0.15) is 24.8 Å². The van der Waals surface area contributed by atoms with Crippen LogP contribution in [0.3, 0.4) is 0 Å². The van der Waals surface area contributed by atoms with Crippen LogP contribution in [0.2, 0.25) is 0 Å². The maximum atomic E-state index is 6.07. The molecule has 0 atom stereocenters. The van der Waals surface area contributed by atoms with E-state index in [9.17, 15) is 0 Å². The van der Waals surface area contributed by atoms with Crippen LogP contribution in [0, 0.1) is 5.92 Å². The molecule has 0 radical (unpaired) electrons. The van der Waals surface area contributed by atoms with Crippen molar-refractivity contribution in [2.24, 2.45) is 10.9 Å². The first-order valence-electron chi connectivity index (χ1n) is 12.0. The predicted octanol–water partition coefficient (Wildman–Crippen LogP) is 1.90. The lowest BCUT2D eigenvalue weighted by Crippen LogP contribution is -2.39. The van der Waals surface area contributed by atoms with E-state index in [4.69, 9.17) is 18.9 Å². The molecule has 2 aliphatic heterocycles. The standard InChI is InChI=1S/C24H40N4O4/c1-25-24(26-9-4-13-31-20-21-7-14-29-15-8-21)27-19-22-5-2-3-6-23(22)32-18-12-28-10-16-30-17-11-28/h2-3,5-6,21H,4,7-20H2,1H3,(H2,25,26,27). The van der Waals surface area contributed by atoms with E-state index in [-0.39, 0.29) is 0 Å². The average Bonchev–Trinajstić information content (AvgIpc) is 2.85. The van der Waals surface area contributed by atoms with Gasteiger partial charge in [0.25, 0.3) is 0 Å². The molecule has 0 amide bonds. The fraction of sp³-hybridized carbons (Fsp3) is 0.708. The Kier molecular flexibility index (Phi) is 11.7. The number of ether oxygens (including phenoxy) is 4. The molecule has 2 aliphatic rings. The highest BCUT2D eigenvalue weighted by atomic mass is 16.5. The number of morpholine rings is 1. The Hall–Kier alpha value is -1.87. The predicted molar refractivity (Wildman–Crippen MR) is 126 cm³/mol. The monoisotopic (exact) mass is 448 g/mol. The lowest BCUT2D eigenvalue weighted by molar-refractivity contribution is 0.0203. The van der Waals surface area contributed by atoms with Crippen molar-refractivity contribution in [3.63, 3.8) is 0 Å². The van der Waals surface area contributed by atoms with Crippen LogP contribution >= 0.6 is 0 Å². The summed E-state index contributed by atoms with van der Waals surface area (Å²) < 4.78 is 22.7. The van der Waals surface area contributed by atoms with Crippen molar-refractivity contribution in [3.8, 4) is 5.75 Å². The Morgan fingerprint density at radius 3 is 2.66 bits per heavy atom. The van der Waals surface area contributed by atoms with Crippen LogP contribution in [-0.4, -0.2) is 90.3 Å². The second-order valence-corrected chi connectivity index (χ2v) is 8.25. The number of nitrogens with one attached hydrogen (secondary N) is 2. The lowest BCUT2D eigenvalue weighted by Gasteiger charge is -2.26. The summed E-state index contributed by atoms with van der Waals surface area (Å²) in [4.78, 5) is 6.71. The smallest absolute Gasteiger partial charge is 0.191 e. The normalized spacial score (nSPS) is 18.5. The van der Waals surface area contributed by atoms with Crippen LogP contribution in [-0.2, 0) is 20.8 Å². The zero-order chi connectivity index (χ0) is 22.3. The Labute approximate surface area is 192 Å². The van der Waals surface area contributed by atoms with Crippen molar-refractivity contribution in [1.29, 1.82) is 0 Å². The Morgan fingerprint density at radius 1 is 1.06 bits per heavy atom. The average molecular weight is 449 g/mol. The first kappa shape index (κ1) is 24.8. The fourth-order valence-corrected chi connectivity index (χ4v) is 3.84. The summed E-state index contributed by atoms with van der Waals surface area (Å²) in [5, 5.41) is 6.75. The molecule has 8 heteroatoms. The quantitative estimate of drug-likeness (QED) is 0.287. The molecule has 180 valence electrons. The Morgan fingerprint density at radius 2 is 1.84 bits per heavy atom. The molecule has 0 saturated carbocycles. The molecule has 2 fully saturated rings. The van der Waals surface area contributed by atoms with E-state index in [0.717, 1.165) is 102 Å². The highest BCUT2D eigenvalue weighted by Crippen LogP contribution is 2.18. The van der Waals surface area contributed by atoms with Gasteiger partial charge in [0, 0.05) is 71.8 Å². The van der Waals surface area contributed by atoms with E-state index in [2.05, 4.69) is 26.6 Å². The van der Waals surface area contributed by atoms with Crippen LogP contribution in [0.15, 0.2) is 29.3 Å². The van der Waals surface area contributed by atoms with Gasteiger partial charge in [0.1, 0.15) is 12.4 Å². The second kappa shape index (κ2) is 15.1. The fourth-order valence-electron chi connectivity index (χ4n) is 3.84. The van der Waals surface area contributed by atoms with Crippen LogP contribution in [0.4, 0.5) is 0 Å². The van der Waals surface area contributed by atoms with Gasteiger partial charge in [0.05, 0.1) is 13.2 Å². The molecule has 0 bridgehead atoms. The molecule has 0 spiro atoms. The number of para-hydroxylation sites is 1. The molecule has 32 heavy (non-hydrogen) atoms. The van der Waals surface area contributed by atoms with Crippen molar-refractivity contribution in [2.45, 2.75) is 25.8 Å². The third-order valence-corrected chi connectivity index (χ3v) is 5.86. The molecule has 3 rings (SSSR count). The molecule has 8 nitrogen and oxygen atoms in total. The molecule has 1 aromatic rings. The van der Waals surface area contributed by atoms with Gasteiger partial charge in [-0.3, -0.25) is 9.89 Å². The van der Waals surface area contributed by atoms with E-state index in [1.54, 1.807) is 7.05 Å². The molecular formula is C24H40N4O4. The highest BCUT2D eigenvalue weighted by molar-refractivity contribution is 5.79. The summed E-state index contributed by atoms with van der Waals surface area (Å²) in [7, 11) is 1.79. The van der Waals surface area contributed by atoms with E-state index in [1.165, 1.54) is 0 Å². The van der Waals surface area contributed by atoms with Gasteiger partial charge in [0.2, 0.25) is 0 Å². The zero-order valence-corrected chi connectivity index (χ0v) is 19.5. The number of hydrogen-bond donors (Lipinski definition) is 2. The lowest BCUT2D eigenvalue weighted by atomic mass is 10.0. The molecule has 0 aromatic heterocycles. The van der Waals surface area contributed by atoms with Crippen LogP contribution in [0.25, 0.3) is 0 Å². The minimum atomic E-state index is 0.655. The summed E-state index contributed by atoms with van der Waals surface area (Å²) in [6, 6.07) is 8.18. The first-order chi connectivity index (χ1) is 15.8. The summed E-state index contributed by atoms with van der Waals surface area (Å²) in [5.74, 6) is 2.37. The van der Waals surface area contributed by atoms with Crippen molar-refractivity contribution in [1.82, 2.24) is 15.5 Å². The largest absolute Gasteiger partial charge is 0.492 e. The number of hydrogen-bond acceptors (Lipinski definition) is 6. The van der Waals surface area contributed by atoms with Crippen LogP contribution in [0.5, 0.6) is 5.75 Å². The van der Waals surface area contributed by atoms with Crippen molar-refractivity contribution in [2.75, 3.05) is 79.5 Å². The number of rotatable bonds is 12. The number of nitrogens with zero attached hydrogens (tertiary/aromatic N) is 2. The molecule has 1 aromatic carbocycles. The van der Waals surface area contributed by atoms with E-state index in [0.29, 0.717) is 19.1 Å². The molecule has 0 aliphatic carbocycles. The van der Waals surface area contributed by atoms with Crippen molar-refractivity contribution >= 4 is 5.96 Å². The maximum absolute atomic E-state index is 6.07. The third-order valence-electron chi connectivity index (χ3n) is 5.86. The van der Waals surface area contributed by atoms with Crippen molar-refractivity contribution < 1.29 is 18.9 Å². The maximum Gasteiger partial charge on any atom is 0.191 e. The number of guanidine groups is 1. The van der Waals surface area contributed by atoms with Gasteiger partial charge in [0.15, 0.2) is 5.96 Å². The van der Waals surface area contributed by atoms with Gasteiger partial charge >= 0.3 is 0 Å². The molecule has 2 saturated heterocycles. The van der Waals surface area contributed by atoms with E-state index < -0.39 is 0 Å². The highest BCUT2D eigenvalue weighted by Gasteiger charge is 2.13. The summed E-state index contributed by atoms with van der Waals surface area (Å²) >= 11 is 0. The van der Waals surface area contributed by atoms with Gasteiger partial charge in [-0.1, -0.05) is 18.2 Å². The minimum absolute atomic E-state index is 0.655. The topological polar surface area (TPSA) is 76.6 Å². The number of aliphatic imine (C=N–C) groups is 1. The molecule has 2 heterocycles. The molecular weight excluding hydrogens is 408 g/mol. The van der Waals surface area contributed by atoms with Crippen molar-refractivity contribution in [3.05, 3.63) is 29.8 Å². The van der Waals surface area contributed by atoms with Gasteiger partial charge < -0.3 is 29.6 Å². The molecule has 2 N–H and O–H groups in total. The minimum Gasteiger partial charge on any atom is -0.492 e. The third kappa shape index (κ3) is 9.32. The van der Waals surface area contributed by atoms with Gasteiger partial charge in [-0.25, -0.2) is 0 Å². The molecule has 0 unspecified atom stereocenters. The van der Waals surface area contributed by atoms with Crippen LogP contribution < -0.4 is 15.4 Å². The first-order valence-corrected chi connectivity index (χ1v) is 12.0. The second-order valence-electron chi connectivity index (χ2n) is 8.25. The SMILES string of the molecule is CN=C(NCCCOCC1CCOCC1)NCc1ccccc1OCCN1CCOCC1. The Balaban J connectivity index is 1.30.